The molecule has 0 radical (unpaired) electrons. The minimum absolute atomic E-state index is 0.126. The first-order valence-corrected chi connectivity index (χ1v) is 11.3. The Balaban J connectivity index is 1.41. The molecule has 5 rings (SSSR count). The van der Waals surface area contributed by atoms with E-state index in [0.717, 1.165) is 37.3 Å². The molecule has 0 aliphatic carbocycles. The van der Waals surface area contributed by atoms with Crippen LogP contribution < -0.4 is 10.3 Å². The number of rotatable bonds is 4. The van der Waals surface area contributed by atoms with Crippen LogP contribution in [0.2, 0.25) is 10.0 Å². The molecule has 0 spiro atoms. The third kappa shape index (κ3) is 3.92. The number of hydrogen-bond donors (Lipinski definition) is 0. The standard InChI is InChI=1S/C24H21Cl2N5O/c25-19-7-4-8-20(26)24(19)29-14-10-17(11-15-29)30-16-12-22(32)23(28-30)21-9-13-27-31(21)18-5-2-1-3-6-18/h1-9,12-13,16-17H,10-11,14-15H2. The van der Waals surface area contributed by atoms with Crippen molar-refractivity contribution in [1.29, 1.82) is 0 Å². The van der Waals surface area contributed by atoms with E-state index in [1.807, 2.05) is 59.3 Å². The molecule has 0 unspecified atom stereocenters. The summed E-state index contributed by atoms with van der Waals surface area (Å²) in [5, 5.41) is 10.5. The van der Waals surface area contributed by atoms with Crippen LogP contribution in [0.25, 0.3) is 17.1 Å². The van der Waals surface area contributed by atoms with E-state index in [1.165, 1.54) is 0 Å². The van der Waals surface area contributed by atoms with E-state index in [4.69, 9.17) is 28.3 Å². The average Bonchev–Trinajstić information content (AvgIpc) is 3.30. The quantitative estimate of drug-likeness (QED) is 0.413. The van der Waals surface area contributed by atoms with Crippen molar-refractivity contribution < 1.29 is 0 Å². The number of piperidine rings is 1. The summed E-state index contributed by atoms with van der Waals surface area (Å²) in [6, 6.07) is 18.9. The van der Waals surface area contributed by atoms with E-state index in [0.29, 0.717) is 21.4 Å². The maximum Gasteiger partial charge on any atom is 0.209 e. The highest BCUT2D eigenvalue weighted by molar-refractivity contribution is 6.39. The molecule has 3 heterocycles. The molecule has 4 aromatic rings. The summed E-state index contributed by atoms with van der Waals surface area (Å²) in [5.41, 5.74) is 2.71. The summed E-state index contributed by atoms with van der Waals surface area (Å²) < 4.78 is 3.65. The van der Waals surface area contributed by atoms with E-state index in [9.17, 15) is 4.79 Å². The zero-order valence-electron chi connectivity index (χ0n) is 17.2. The molecule has 0 amide bonds. The third-order valence-corrected chi connectivity index (χ3v) is 6.42. The fourth-order valence-corrected chi connectivity index (χ4v) is 4.84. The van der Waals surface area contributed by atoms with Crippen LogP contribution in [0.1, 0.15) is 18.9 Å². The number of hydrogen-bond acceptors (Lipinski definition) is 4. The van der Waals surface area contributed by atoms with Crippen LogP contribution in [0.15, 0.2) is 77.9 Å². The lowest BCUT2D eigenvalue weighted by Crippen LogP contribution is -2.35. The molecule has 2 aromatic carbocycles. The fraction of sp³-hybridized carbons (Fsp3) is 0.208. The highest BCUT2D eigenvalue weighted by Gasteiger charge is 2.24. The normalized spacial score (nSPS) is 14.6. The summed E-state index contributed by atoms with van der Waals surface area (Å²) in [4.78, 5) is 14.9. The second kappa shape index (κ2) is 8.81. The van der Waals surface area contributed by atoms with Gasteiger partial charge in [0, 0.05) is 25.4 Å². The van der Waals surface area contributed by atoms with Crippen LogP contribution in [-0.2, 0) is 0 Å². The zero-order valence-corrected chi connectivity index (χ0v) is 18.7. The Labute approximate surface area is 195 Å². The summed E-state index contributed by atoms with van der Waals surface area (Å²) in [5.74, 6) is 0. The van der Waals surface area contributed by atoms with Gasteiger partial charge in [-0.15, -0.1) is 0 Å². The predicted octanol–water partition coefficient (Wildman–Crippen LogP) is 5.24. The summed E-state index contributed by atoms with van der Waals surface area (Å²) >= 11 is 12.8. The SMILES string of the molecule is O=c1ccn(C2CCN(c3c(Cl)cccc3Cl)CC2)nc1-c1ccnn1-c1ccccc1. The molecule has 32 heavy (non-hydrogen) atoms. The maximum atomic E-state index is 12.7. The van der Waals surface area contributed by atoms with Gasteiger partial charge in [-0.2, -0.15) is 10.2 Å². The summed E-state index contributed by atoms with van der Waals surface area (Å²) in [6.07, 6.45) is 5.20. The largest absolute Gasteiger partial charge is 0.369 e. The number of para-hydroxylation sites is 2. The van der Waals surface area contributed by atoms with Gasteiger partial charge in [0.1, 0.15) is 0 Å². The lowest BCUT2D eigenvalue weighted by Gasteiger charge is -2.35. The molecular weight excluding hydrogens is 445 g/mol. The van der Waals surface area contributed by atoms with Crippen LogP contribution in [0.4, 0.5) is 5.69 Å². The van der Waals surface area contributed by atoms with Crippen molar-refractivity contribution in [2.24, 2.45) is 0 Å². The molecule has 1 aliphatic heterocycles. The van der Waals surface area contributed by atoms with Crippen LogP contribution in [0.5, 0.6) is 0 Å². The Bertz CT molecular complexity index is 1270. The first kappa shape index (κ1) is 20.8. The van der Waals surface area contributed by atoms with Gasteiger partial charge in [0.2, 0.25) is 5.43 Å². The van der Waals surface area contributed by atoms with Crippen molar-refractivity contribution in [2.75, 3.05) is 18.0 Å². The Kier molecular flexibility index (Phi) is 5.72. The Hall–Kier alpha value is -3.09. The van der Waals surface area contributed by atoms with E-state index < -0.39 is 0 Å². The summed E-state index contributed by atoms with van der Waals surface area (Å²) in [7, 11) is 0. The van der Waals surface area contributed by atoms with Gasteiger partial charge in [-0.05, 0) is 43.2 Å². The smallest absolute Gasteiger partial charge is 0.209 e. The lowest BCUT2D eigenvalue weighted by molar-refractivity contribution is 0.362. The fourth-order valence-electron chi connectivity index (χ4n) is 4.20. The molecule has 2 aromatic heterocycles. The van der Waals surface area contributed by atoms with Crippen LogP contribution in [0, 0.1) is 0 Å². The monoisotopic (exact) mass is 465 g/mol. The molecule has 1 fully saturated rings. The highest BCUT2D eigenvalue weighted by Crippen LogP contribution is 2.36. The van der Waals surface area contributed by atoms with Gasteiger partial charge < -0.3 is 4.90 Å². The Morgan fingerprint density at radius 3 is 2.31 bits per heavy atom. The topological polar surface area (TPSA) is 56.0 Å². The van der Waals surface area contributed by atoms with Crippen LogP contribution >= 0.6 is 23.2 Å². The molecule has 1 aliphatic rings. The predicted molar refractivity (Wildman–Crippen MR) is 128 cm³/mol. The van der Waals surface area contributed by atoms with Gasteiger partial charge in [0.25, 0.3) is 0 Å². The first-order chi connectivity index (χ1) is 15.6. The third-order valence-electron chi connectivity index (χ3n) is 5.81. The minimum atomic E-state index is -0.126. The number of anilines is 1. The van der Waals surface area contributed by atoms with Gasteiger partial charge in [0.05, 0.1) is 39.4 Å². The van der Waals surface area contributed by atoms with Crippen LogP contribution in [-0.4, -0.2) is 32.7 Å². The molecule has 0 N–H and O–H groups in total. The summed E-state index contributed by atoms with van der Waals surface area (Å²) in [6.45, 7) is 1.61. The molecule has 0 atom stereocenters. The second-order valence-corrected chi connectivity index (χ2v) is 8.58. The van der Waals surface area contributed by atoms with E-state index in [-0.39, 0.29) is 11.5 Å². The number of halogens is 2. The molecule has 8 heteroatoms. The van der Waals surface area contributed by atoms with Gasteiger partial charge >= 0.3 is 0 Å². The van der Waals surface area contributed by atoms with Crippen molar-refractivity contribution in [3.8, 4) is 17.1 Å². The second-order valence-electron chi connectivity index (χ2n) is 7.76. The van der Waals surface area contributed by atoms with E-state index in [1.54, 1.807) is 23.1 Å². The van der Waals surface area contributed by atoms with Gasteiger partial charge in [-0.3, -0.25) is 9.48 Å². The number of nitrogens with zero attached hydrogens (tertiary/aromatic N) is 5. The van der Waals surface area contributed by atoms with Crippen molar-refractivity contribution >= 4 is 28.9 Å². The number of benzene rings is 2. The van der Waals surface area contributed by atoms with Crippen molar-refractivity contribution in [3.05, 3.63) is 93.3 Å². The first-order valence-electron chi connectivity index (χ1n) is 10.5. The molecule has 0 saturated carbocycles. The van der Waals surface area contributed by atoms with Gasteiger partial charge in [-0.1, -0.05) is 47.5 Å². The average molecular weight is 466 g/mol. The number of aromatic nitrogens is 4. The molecule has 6 nitrogen and oxygen atoms in total. The van der Waals surface area contributed by atoms with Crippen molar-refractivity contribution in [3.63, 3.8) is 0 Å². The van der Waals surface area contributed by atoms with Crippen molar-refractivity contribution in [1.82, 2.24) is 19.6 Å². The molecule has 162 valence electrons. The van der Waals surface area contributed by atoms with Crippen molar-refractivity contribution in [2.45, 2.75) is 18.9 Å². The van der Waals surface area contributed by atoms with Gasteiger partial charge in [0.15, 0.2) is 5.69 Å². The molecule has 1 saturated heterocycles. The van der Waals surface area contributed by atoms with Crippen LogP contribution in [0.3, 0.4) is 0 Å². The highest BCUT2D eigenvalue weighted by atomic mass is 35.5. The Morgan fingerprint density at radius 2 is 1.59 bits per heavy atom. The zero-order chi connectivity index (χ0) is 22.1. The Morgan fingerprint density at radius 1 is 0.875 bits per heavy atom. The molecule has 0 bridgehead atoms. The van der Waals surface area contributed by atoms with E-state index in [2.05, 4.69) is 10.00 Å². The van der Waals surface area contributed by atoms with E-state index >= 15 is 0 Å². The minimum Gasteiger partial charge on any atom is -0.369 e. The molecular formula is C24H21Cl2N5O. The lowest BCUT2D eigenvalue weighted by atomic mass is 10.0. The maximum absolute atomic E-state index is 12.7. The van der Waals surface area contributed by atoms with Gasteiger partial charge in [-0.25, -0.2) is 4.68 Å².